The molecule has 0 N–H and O–H groups in total. The van der Waals surface area contributed by atoms with Crippen LogP contribution in [0.25, 0.3) is 94.5 Å². The van der Waals surface area contributed by atoms with Gasteiger partial charge in [-0.25, -0.2) is 9.97 Å². The molecule has 0 saturated heterocycles. The number of furan rings is 1. The molecule has 0 unspecified atom stereocenters. The number of benzene rings is 7. The van der Waals surface area contributed by atoms with E-state index in [1.807, 2.05) is 12.1 Å². The maximum Gasteiger partial charge on any atom is 0.235 e. The molecule has 53 heavy (non-hydrogen) atoms. The minimum absolute atomic E-state index is 0.0736. The molecule has 11 rings (SSSR count). The molecule has 0 fully saturated rings. The number of rotatable bonds is 4. The largest absolute Gasteiger partial charge is 0.456 e. The molecule has 0 spiro atoms. The monoisotopic (exact) mass is 679 g/mol. The highest BCUT2D eigenvalue weighted by Crippen LogP contribution is 2.51. The highest BCUT2D eigenvalue weighted by atomic mass is 16.3. The van der Waals surface area contributed by atoms with Crippen LogP contribution >= 0.6 is 0 Å². The van der Waals surface area contributed by atoms with E-state index in [2.05, 4.69) is 170 Å². The van der Waals surface area contributed by atoms with Crippen LogP contribution in [0.2, 0.25) is 0 Å². The van der Waals surface area contributed by atoms with E-state index >= 15 is 0 Å². The summed E-state index contributed by atoms with van der Waals surface area (Å²) in [6.45, 7) is 4.62. The number of para-hydroxylation sites is 1. The van der Waals surface area contributed by atoms with Crippen LogP contribution in [0.3, 0.4) is 0 Å². The third kappa shape index (κ3) is 4.49. The van der Waals surface area contributed by atoms with Gasteiger partial charge < -0.3 is 4.42 Å². The van der Waals surface area contributed by atoms with Gasteiger partial charge in [0, 0.05) is 38.1 Å². The van der Waals surface area contributed by atoms with Crippen molar-refractivity contribution in [3.63, 3.8) is 0 Å². The Labute approximate surface area is 306 Å². The molecule has 10 aromatic rings. The van der Waals surface area contributed by atoms with E-state index in [-0.39, 0.29) is 5.41 Å². The lowest BCUT2D eigenvalue weighted by molar-refractivity contribution is 0.647. The summed E-state index contributed by atoms with van der Waals surface area (Å²) >= 11 is 0. The summed E-state index contributed by atoms with van der Waals surface area (Å²) in [5.74, 6) is 0.644. The van der Waals surface area contributed by atoms with Gasteiger partial charge in [0.15, 0.2) is 0 Å². The number of fused-ring (bicyclic) bond motifs is 9. The summed E-state index contributed by atoms with van der Waals surface area (Å²) in [6, 6.07) is 58.0. The van der Waals surface area contributed by atoms with Gasteiger partial charge in [-0.05, 0) is 81.9 Å². The van der Waals surface area contributed by atoms with Crippen molar-refractivity contribution in [3.05, 3.63) is 175 Å². The first-order valence-electron chi connectivity index (χ1n) is 18.2. The molecule has 1 aliphatic rings. The molecule has 7 aromatic carbocycles. The van der Waals surface area contributed by atoms with E-state index in [1.165, 1.54) is 22.3 Å². The Hall–Kier alpha value is -6.78. The summed E-state index contributed by atoms with van der Waals surface area (Å²) in [7, 11) is 0. The lowest BCUT2D eigenvalue weighted by Crippen LogP contribution is -2.14. The predicted octanol–water partition coefficient (Wildman–Crippen LogP) is 12.8. The van der Waals surface area contributed by atoms with E-state index in [0.717, 1.165) is 77.4 Å². The molecule has 0 bridgehead atoms. The van der Waals surface area contributed by atoms with Crippen molar-refractivity contribution in [2.45, 2.75) is 19.3 Å². The highest BCUT2D eigenvalue weighted by Gasteiger charge is 2.36. The quantitative estimate of drug-likeness (QED) is 0.186. The summed E-state index contributed by atoms with van der Waals surface area (Å²) in [4.78, 5) is 10.4. The number of hydrogen-bond donors (Lipinski definition) is 0. The zero-order chi connectivity index (χ0) is 35.3. The van der Waals surface area contributed by atoms with Crippen LogP contribution in [0.15, 0.2) is 168 Å². The zero-order valence-electron chi connectivity index (χ0n) is 29.3. The van der Waals surface area contributed by atoms with Crippen LogP contribution in [0.5, 0.6) is 0 Å². The molecule has 0 atom stereocenters. The molecule has 0 aliphatic heterocycles. The average Bonchev–Trinajstić information content (AvgIpc) is 3.82. The van der Waals surface area contributed by atoms with Crippen molar-refractivity contribution >= 4 is 43.7 Å². The Kier molecular flexibility index (Phi) is 6.27. The summed E-state index contributed by atoms with van der Waals surface area (Å²) in [5, 5.41) is 4.59. The lowest BCUT2D eigenvalue weighted by Gasteiger charge is -2.21. The second kappa shape index (κ2) is 11.1. The third-order valence-corrected chi connectivity index (χ3v) is 11.2. The fourth-order valence-electron chi connectivity index (χ4n) is 8.57. The number of hydrogen-bond acceptors (Lipinski definition) is 3. The van der Waals surface area contributed by atoms with Gasteiger partial charge in [0.05, 0.1) is 22.4 Å². The molecular weight excluding hydrogens is 647 g/mol. The van der Waals surface area contributed by atoms with Crippen molar-refractivity contribution in [1.82, 2.24) is 14.5 Å². The Bertz CT molecular complexity index is 3020. The first-order valence-corrected chi connectivity index (χ1v) is 18.2. The second-order valence-electron chi connectivity index (χ2n) is 14.6. The predicted molar refractivity (Wildman–Crippen MR) is 218 cm³/mol. The van der Waals surface area contributed by atoms with Gasteiger partial charge in [0.1, 0.15) is 11.2 Å². The first kappa shape index (κ1) is 29.9. The van der Waals surface area contributed by atoms with Gasteiger partial charge in [-0.2, -0.15) is 0 Å². The maximum absolute atomic E-state index is 6.63. The van der Waals surface area contributed by atoms with Crippen molar-refractivity contribution < 1.29 is 4.42 Å². The van der Waals surface area contributed by atoms with E-state index in [0.29, 0.717) is 5.95 Å². The van der Waals surface area contributed by atoms with Gasteiger partial charge in [-0.3, -0.25) is 4.57 Å². The molecule has 0 radical (unpaired) electrons. The van der Waals surface area contributed by atoms with Crippen LogP contribution in [-0.4, -0.2) is 14.5 Å². The van der Waals surface area contributed by atoms with Crippen LogP contribution < -0.4 is 0 Å². The molecule has 0 saturated carbocycles. The van der Waals surface area contributed by atoms with Crippen LogP contribution in [0.1, 0.15) is 25.0 Å². The highest BCUT2D eigenvalue weighted by molar-refractivity contribution is 6.11. The molecule has 3 aromatic heterocycles. The SMILES string of the molecule is CC1(C)c2ccccc2-c2cc3c(cc21)oc1cc(-c2ccc4c(c2)c2ccccc2n4-c2nc(-c4ccccc4)cc(-c4ccccc4)n2)ccc13. The normalized spacial score (nSPS) is 13.2. The molecule has 0 amide bonds. The lowest BCUT2D eigenvalue weighted by atomic mass is 9.82. The summed E-state index contributed by atoms with van der Waals surface area (Å²) < 4.78 is 8.83. The summed E-state index contributed by atoms with van der Waals surface area (Å²) in [6.07, 6.45) is 0. The Morgan fingerprint density at radius 2 is 1.06 bits per heavy atom. The number of aromatic nitrogens is 3. The van der Waals surface area contributed by atoms with Gasteiger partial charge in [0.25, 0.3) is 0 Å². The second-order valence-corrected chi connectivity index (χ2v) is 14.6. The topological polar surface area (TPSA) is 43.9 Å². The Morgan fingerprint density at radius 3 is 1.83 bits per heavy atom. The minimum Gasteiger partial charge on any atom is -0.456 e. The van der Waals surface area contributed by atoms with Crippen molar-refractivity contribution in [3.8, 4) is 50.7 Å². The van der Waals surface area contributed by atoms with Crippen LogP contribution in [0, 0.1) is 0 Å². The minimum atomic E-state index is -0.0736. The first-order chi connectivity index (χ1) is 26.0. The number of nitrogens with zero attached hydrogens (tertiary/aromatic N) is 3. The fourth-order valence-corrected chi connectivity index (χ4v) is 8.57. The molecule has 4 heteroatoms. The van der Waals surface area contributed by atoms with Crippen LogP contribution in [-0.2, 0) is 5.41 Å². The van der Waals surface area contributed by atoms with Crippen molar-refractivity contribution in [2.24, 2.45) is 0 Å². The molecular formula is C49H33N3O. The molecule has 3 heterocycles. The fraction of sp³-hybridized carbons (Fsp3) is 0.0612. The summed E-state index contributed by atoms with van der Waals surface area (Å²) in [5.41, 5.74) is 15.3. The van der Waals surface area contributed by atoms with E-state index < -0.39 is 0 Å². The van der Waals surface area contributed by atoms with Crippen LogP contribution in [0.4, 0.5) is 0 Å². The average molecular weight is 680 g/mol. The smallest absolute Gasteiger partial charge is 0.235 e. The maximum atomic E-state index is 6.63. The Morgan fingerprint density at radius 1 is 0.434 bits per heavy atom. The molecule has 4 nitrogen and oxygen atoms in total. The van der Waals surface area contributed by atoms with Gasteiger partial charge in [-0.1, -0.05) is 129 Å². The van der Waals surface area contributed by atoms with Gasteiger partial charge >= 0.3 is 0 Å². The molecule has 250 valence electrons. The Balaban J connectivity index is 1.06. The van der Waals surface area contributed by atoms with E-state index in [1.54, 1.807) is 0 Å². The standard InChI is InChI=1S/C49H33N3O/c1-49(2)40-19-11-9-17-34(40)37-27-39-36-23-21-33(26-46(36)53-47(39)28-41(37)49)32-22-24-45-38(25-32)35-18-10-12-20-44(35)52(45)48-50-42(30-13-5-3-6-14-30)29-43(51-48)31-15-7-4-8-16-31/h3-29H,1-2H3. The van der Waals surface area contributed by atoms with Gasteiger partial charge in [0.2, 0.25) is 5.95 Å². The third-order valence-electron chi connectivity index (χ3n) is 11.2. The molecule has 1 aliphatic carbocycles. The van der Waals surface area contributed by atoms with E-state index in [9.17, 15) is 0 Å². The zero-order valence-corrected chi connectivity index (χ0v) is 29.3. The van der Waals surface area contributed by atoms with Crippen molar-refractivity contribution in [1.29, 1.82) is 0 Å². The van der Waals surface area contributed by atoms with E-state index in [4.69, 9.17) is 14.4 Å². The van der Waals surface area contributed by atoms with Gasteiger partial charge in [-0.15, -0.1) is 0 Å². The van der Waals surface area contributed by atoms with Crippen molar-refractivity contribution in [2.75, 3.05) is 0 Å².